The van der Waals surface area contributed by atoms with Crippen LogP contribution in [0.25, 0.3) is 43.8 Å². The predicted octanol–water partition coefficient (Wildman–Crippen LogP) is 8.25. The summed E-state index contributed by atoms with van der Waals surface area (Å²) in [7, 11) is 1.79. The number of methoxy groups -OCH3 is 1. The fourth-order valence-corrected chi connectivity index (χ4v) is 7.72. The zero-order valence-corrected chi connectivity index (χ0v) is 40.8. The number of ether oxygens (including phenoxy) is 1. The van der Waals surface area contributed by atoms with Gasteiger partial charge in [0.05, 0.1) is 7.11 Å². The molecule has 1 aliphatic rings. The van der Waals surface area contributed by atoms with Crippen molar-refractivity contribution in [2.45, 2.75) is 125 Å². The van der Waals surface area contributed by atoms with Gasteiger partial charge in [0.15, 0.2) is 0 Å². The largest absolute Gasteiger partial charge is 1.00 e. The van der Waals surface area contributed by atoms with E-state index >= 15 is 0 Å². The van der Waals surface area contributed by atoms with Gasteiger partial charge in [-0.1, -0.05) is 141 Å². The maximum Gasteiger partial charge on any atom is -0.0132 e. The van der Waals surface area contributed by atoms with Gasteiger partial charge in [-0.25, -0.2) is 0 Å². The van der Waals surface area contributed by atoms with Crippen LogP contribution in [0.15, 0.2) is 84.9 Å². The Labute approximate surface area is 361 Å². The first-order valence-electron chi connectivity index (χ1n) is 19.4. The smallest absolute Gasteiger partial charge is 0.0132 e. The van der Waals surface area contributed by atoms with E-state index in [1.165, 1.54) is 90.9 Å². The van der Waals surface area contributed by atoms with Crippen LogP contribution < -0.4 is 29.6 Å². The van der Waals surface area contributed by atoms with Crippen molar-refractivity contribution < 1.29 is 52.9 Å². The minimum atomic E-state index is 0. The van der Waals surface area contributed by atoms with Crippen LogP contribution in [0.4, 0.5) is 0 Å². The third-order valence-corrected chi connectivity index (χ3v) is 10.4. The van der Waals surface area contributed by atoms with Crippen molar-refractivity contribution in [3.8, 4) is 28.0 Å². The molecule has 6 aromatic rings. The Morgan fingerprint density at radius 2 is 1.02 bits per heavy atom. The van der Waals surface area contributed by atoms with Gasteiger partial charge in [-0.3, -0.25) is 0 Å². The summed E-state index contributed by atoms with van der Waals surface area (Å²) in [5, 5.41) is 5.42. The second-order valence-electron chi connectivity index (χ2n) is 18.6. The van der Waals surface area contributed by atoms with Gasteiger partial charge in [-0.2, -0.15) is 12.1 Å². The Morgan fingerprint density at radius 3 is 1.44 bits per heavy atom. The molecule has 292 valence electrons. The molecule has 6 aromatic carbocycles. The van der Waals surface area contributed by atoms with Gasteiger partial charge in [-0.05, 0) is 68.9 Å². The molecular formula is C50H62Cl2OSiZr-2. The Kier molecular flexibility index (Phi) is 15.7. The molecule has 0 amide bonds. The molecular weight excluding hydrogens is 807 g/mol. The van der Waals surface area contributed by atoms with Crippen molar-refractivity contribution >= 4 is 27.0 Å². The van der Waals surface area contributed by atoms with E-state index in [1.54, 1.807) is 41.6 Å². The average Bonchev–Trinajstić information content (AvgIpc) is 3.78. The van der Waals surface area contributed by atoms with Crippen LogP contribution >= 0.6 is 0 Å². The topological polar surface area (TPSA) is 9.23 Å². The number of halogens is 2. The molecule has 0 aromatic heterocycles. The van der Waals surface area contributed by atoms with Crippen LogP contribution in [0.1, 0.15) is 108 Å². The van der Waals surface area contributed by atoms with Gasteiger partial charge < -0.3 is 29.6 Å². The molecule has 0 aliphatic heterocycles. The Balaban J connectivity index is 0.000000262. The minimum absolute atomic E-state index is 0. The molecule has 0 N–H and O–H groups in total. The SMILES string of the molecule is COc1c(C(C)(C)C)cc2[cH-]c(C)cc2c1-c1ccc(C(C)(C)C)cc1.C[Si](C)=[Zr+2].Cc1cc2c(-c3ccc(C(C)(C)C)cc3)c3c(cc2[cH-]1)CCC3.[Cl-].[Cl-]. The zero-order valence-electron chi connectivity index (χ0n) is 35.9. The van der Waals surface area contributed by atoms with E-state index < -0.39 is 0 Å². The summed E-state index contributed by atoms with van der Waals surface area (Å²) in [6.45, 7) is 29.3. The van der Waals surface area contributed by atoms with E-state index in [-0.39, 0.29) is 46.5 Å². The third-order valence-electron chi connectivity index (χ3n) is 10.4. The second kappa shape index (κ2) is 18.4. The third kappa shape index (κ3) is 11.0. The Hall–Kier alpha value is -2.42. The van der Waals surface area contributed by atoms with E-state index in [0.29, 0.717) is 0 Å². The fourth-order valence-electron chi connectivity index (χ4n) is 7.72. The first-order valence-corrected chi connectivity index (χ1v) is 25.6. The molecule has 0 saturated carbocycles. The summed E-state index contributed by atoms with van der Waals surface area (Å²) in [6.07, 6.45) is 3.77. The van der Waals surface area contributed by atoms with Crippen molar-refractivity contribution in [3.05, 3.63) is 124 Å². The van der Waals surface area contributed by atoms with Gasteiger partial charge in [0, 0.05) is 0 Å². The standard InChI is InChI=1S/C25H31O.C23H25.C2H6Si.2ClH.Zr/c1-16-13-18-15-21(25(5,6)7)23(26-8)22(20(18)14-16)17-9-11-19(12-10-17)24(2,3)4;1-15-12-18-14-17-6-5-7-20(17)22(21(18)13-15)16-8-10-19(11-9-16)23(2,3)4;1-3-2;;;/h9-15H,1-8H3;8-14H,5-7H2,1-4H3;1-2H3;2*1H;/q2*-1;;;;+2/p-2. The molecule has 0 saturated heterocycles. The molecule has 1 aliphatic carbocycles. The number of hydrogen-bond donors (Lipinski definition) is 0. The van der Waals surface area contributed by atoms with Crippen molar-refractivity contribution in [2.24, 2.45) is 0 Å². The van der Waals surface area contributed by atoms with E-state index in [4.69, 9.17) is 4.74 Å². The number of benzene rings is 4. The fraction of sp³-hybridized carbons (Fsp3) is 0.400. The number of hydrogen-bond acceptors (Lipinski definition) is 1. The molecule has 1 nitrogen and oxygen atoms in total. The summed E-state index contributed by atoms with van der Waals surface area (Å²) in [6, 6.07) is 32.2. The Bertz CT molecular complexity index is 2230. The first kappa shape index (κ1) is 47.0. The number of aryl methyl sites for hydroxylation is 3. The van der Waals surface area contributed by atoms with Crippen LogP contribution in [0, 0.1) is 13.8 Å². The van der Waals surface area contributed by atoms with Crippen molar-refractivity contribution in [2.75, 3.05) is 7.11 Å². The number of fused-ring (bicyclic) bond motifs is 3. The van der Waals surface area contributed by atoms with Crippen LogP contribution in [0.5, 0.6) is 5.75 Å². The summed E-state index contributed by atoms with van der Waals surface area (Å²) >= 11 is 1.74. The van der Waals surface area contributed by atoms with Crippen molar-refractivity contribution in [1.29, 1.82) is 0 Å². The molecule has 55 heavy (non-hydrogen) atoms. The Morgan fingerprint density at radius 1 is 0.600 bits per heavy atom. The monoisotopic (exact) mass is 866 g/mol. The minimum Gasteiger partial charge on any atom is -1.00 e. The van der Waals surface area contributed by atoms with Crippen LogP contribution in [-0.2, 0) is 52.4 Å². The summed E-state index contributed by atoms with van der Waals surface area (Å²) in [4.78, 5) is 0. The van der Waals surface area contributed by atoms with Crippen molar-refractivity contribution in [3.63, 3.8) is 0 Å². The quantitative estimate of drug-likeness (QED) is 0.129. The van der Waals surface area contributed by atoms with Crippen LogP contribution in [0.2, 0.25) is 13.1 Å². The predicted molar refractivity (Wildman–Crippen MR) is 232 cm³/mol. The van der Waals surface area contributed by atoms with E-state index in [0.717, 1.165) is 5.75 Å². The van der Waals surface area contributed by atoms with Gasteiger partial charge in [0.1, 0.15) is 5.75 Å². The molecule has 5 heteroatoms. The van der Waals surface area contributed by atoms with Gasteiger partial charge in [0.25, 0.3) is 0 Å². The molecule has 0 fully saturated rings. The zero-order chi connectivity index (χ0) is 39.0. The second-order valence-corrected chi connectivity index (χ2v) is 27.9. The van der Waals surface area contributed by atoms with Crippen LogP contribution in [0.3, 0.4) is 0 Å². The van der Waals surface area contributed by atoms with Crippen molar-refractivity contribution in [1.82, 2.24) is 0 Å². The van der Waals surface area contributed by atoms with Gasteiger partial charge >= 0.3 is 41.9 Å². The molecule has 7 rings (SSSR count). The molecule has 0 spiro atoms. The molecule has 0 atom stereocenters. The van der Waals surface area contributed by atoms with E-state index in [9.17, 15) is 0 Å². The maximum atomic E-state index is 5.97. The summed E-state index contributed by atoms with van der Waals surface area (Å²) in [5.41, 5.74) is 15.7. The molecule has 0 radical (unpaired) electrons. The van der Waals surface area contributed by atoms with Crippen LogP contribution in [-0.4, -0.2) is 12.5 Å². The maximum absolute atomic E-state index is 5.97. The van der Waals surface area contributed by atoms with E-state index in [1.807, 2.05) is 0 Å². The van der Waals surface area contributed by atoms with Gasteiger partial charge in [0.2, 0.25) is 0 Å². The van der Waals surface area contributed by atoms with E-state index in [2.05, 4.69) is 174 Å². The number of rotatable bonds is 3. The summed E-state index contributed by atoms with van der Waals surface area (Å²) < 4.78 is 5.97. The summed E-state index contributed by atoms with van der Waals surface area (Å²) in [5.74, 6) is 0.999. The van der Waals surface area contributed by atoms with Gasteiger partial charge in [-0.15, -0.1) is 56.9 Å². The normalized spacial score (nSPS) is 12.5. The average molecular weight is 869 g/mol. The first-order chi connectivity index (χ1) is 24.7. The molecule has 0 heterocycles. The molecule has 0 bridgehead atoms. The molecule has 0 unspecified atom stereocenters.